The molecule has 0 spiro atoms. The fraction of sp³-hybridized carbons (Fsp3) is 0.500. The van der Waals surface area contributed by atoms with E-state index in [1.807, 2.05) is 25.1 Å². The number of nitrogens with zero attached hydrogens (tertiary/aromatic N) is 1. The van der Waals surface area contributed by atoms with Gasteiger partial charge in [-0.05, 0) is 31.0 Å². The summed E-state index contributed by atoms with van der Waals surface area (Å²) in [6, 6.07) is 5.71. The number of terminal acetylenes is 1. The molecule has 7 heteroatoms. The molecule has 0 aliphatic rings. The molecule has 0 unspecified atom stereocenters. The van der Waals surface area contributed by atoms with Crippen molar-refractivity contribution in [2.45, 2.75) is 19.9 Å². The summed E-state index contributed by atoms with van der Waals surface area (Å²) in [4.78, 5) is 4.58. The Morgan fingerprint density at radius 3 is 2.68 bits per heavy atom. The van der Waals surface area contributed by atoms with Crippen molar-refractivity contribution < 1.29 is 14.2 Å². The zero-order valence-electron chi connectivity index (χ0n) is 15.1. The van der Waals surface area contributed by atoms with E-state index in [0.717, 1.165) is 37.6 Å². The van der Waals surface area contributed by atoms with Crippen molar-refractivity contribution in [3.8, 4) is 23.8 Å². The second-order valence-corrected chi connectivity index (χ2v) is 4.95. The smallest absolute Gasteiger partial charge is 0.191 e. The summed E-state index contributed by atoms with van der Waals surface area (Å²) in [5, 5.41) is 6.49. The van der Waals surface area contributed by atoms with Crippen LogP contribution in [0.5, 0.6) is 11.5 Å². The maximum atomic E-state index is 5.51. The highest BCUT2D eigenvalue weighted by molar-refractivity contribution is 14.0. The number of nitrogens with one attached hydrogen (secondary N) is 2. The number of aliphatic imine (C=N–C) groups is 1. The highest BCUT2D eigenvalue weighted by atomic mass is 127. The molecule has 0 saturated heterocycles. The summed E-state index contributed by atoms with van der Waals surface area (Å²) in [6.45, 7) is 5.09. The highest BCUT2D eigenvalue weighted by Crippen LogP contribution is 2.28. The number of methoxy groups -OCH3 is 2. The molecule has 0 amide bonds. The predicted molar refractivity (Wildman–Crippen MR) is 112 cm³/mol. The van der Waals surface area contributed by atoms with Crippen LogP contribution in [0.4, 0.5) is 0 Å². The van der Waals surface area contributed by atoms with Crippen LogP contribution in [0, 0.1) is 12.3 Å². The number of rotatable bonds is 10. The van der Waals surface area contributed by atoms with E-state index in [-0.39, 0.29) is 30.6 Å². The maximum absolute atomic E-state index is 5.51. The van der Waals surface area contributed by atoms with Crippen molar-refractivity contribution in [2.75, 3.05) is 40.5 Å². The number of hydrogen-bond acceptors (Lipinski definition) is 4. The van der Waals surface area contributed by atoms with E-state index < -0.39 is 0 Å². The molecule has 140 valence electrons. The van der Waals surface area contributed by atoms with Crippen LogP contribution in [0.2, 0.25) is 0 Å². The lowest BCUT2D eigenvalue weighted by Crippen LogP contribution is -2.38. The standard InChI is InChI=1S/C18H27N3O3.HI/c1-5-11-24-17-13-15(8-9-16(17)23-4)14-21-18(19-6-2)20-10-7-12-22-3;/h1,8-9,13H,6-7,10-12,14H2,2-4H3,(H2,19,20,21);1H. The molecule has 0 fully saturated rings. The van der Waals surface area contributed by atoms with E-state index in [2.05, 4.69) is 21.5 Å². The van der Waals surface area contributed by atoms with Gasteiger partial charge in [-0.15, -0.1) is 30.4 Å². The molecule has 0 aliphatic heterocycles. The molecule has 0 aromatic heterocycles. The molecule has 0 aliphatic carbocycles. The summed E-state index contributed by atoms with van der Waals surface area (Å²) < 4.78 is 15.8. The van der Waals surface area contributed by atoms with Gasteiger partial charge < -0.3 is 24.8 Å². The minimum absolute atomic E-state index is 0. The van der Waals surface area contributed by atoms with Crippen LogP contribution in [-0.2, 0) is 11.3 Å². The molecular formula is C18H28IN3O3. The van der Waals surface area contributed by atoms with Gasteiger partial charge in [0.2, 0.25) is 0 Å². The fourth-order valence-electron chi connectivity index (χ4n) is 1.99. The number of ether oxygens (including phenoxy) is 3. The largest absolute Gasteiger partial charge is 0.493 e. The van der Waals surface area contributed by atoms with Crippen LogP contribution in [0.1, 0.15) is 18.9 Å². The van der Waals surface area contributed by atoms with Gasteiger partial charge in [0.25, 0.3) is 0 Å². The van der Waals surface area contributed by atoms with Gasteiger partial charge >= 0.3 is 0 Å². The predicted octanol–water partition coefficient (Wildman–Crippen LogP) is 2.42. The molecule has 0 atom stereocenters. The minimum atomic E-state index is 0. The van der Waals surface area contributed by atoms with Crippen molar-refractivity contribution in [2.24, 2.45) is 4.99 Å². The van der Waals surface area contributed by atoms with Crippen LogP contribution < -0.4 is 20.1 Å². The molecule has 0 bridgehead atoms. The lowest BCUT2D eigenvalue weighted by atomic mass is 10.2. The molecular weight excluding hydrogens is 433 g/mol. The molecule has 1 aromatic carbocycles. The zero-order valence-corrected chi connectivity index (χ0v) is 17.5. The Balaban J connectivity index is 0.00000576. The summed E-state index contributed by atoms with van der Waals surface area (Å²) in [7, 11) is 3.30. The Bertz CT molecular complexity index is 559. The van der Waals surface area contributed by atoms with Gasteiger partial charge in [-0.1, -0.05) is 12.0 Å². The average Bonchev–Trinajstić information content (AvgIpc) is 2.61. The summed E-state index contributed by atoms with van der Waals surface area (Å²) in [6.07, 6.45) is 6.17. The van der Waals surface area contributed by atoms with Crippen LogP contribution in [-0.4, -0.2) is 46.5 Å². The van der Waals surface area contributed by atoms with Crippen molar-refractivity contribution in [3.63, 3.8) is 0 Å². The Labute approximate surface area is 167 Å². The topological polar surface area (TPSA) is 64.1 Å². The number of guanidine groups is 1. The highest BCUT2D eigenvalue weighted by Gasteiger charge is 2.06. The van der Waals surface area contributed by atoms with E-state index in [4.69, 9.17) is 20.6 Å². The normalized spacial score (nSPS) is 10.4. The van der Waals surface area contributed by atoms with Gasteiger partial charge in [0, 0.05) is 26.8 Å². The first-order valence-electron chi connectivity index (χ1n) is 7.99. The van der Waals surface area contributed by atoms with Gasteiger partial charge in [0.1, 0.15) is 6.61 Å². The molecule has 25 heavy (non-hydrogen) atoms. The Kier molecular flexibility index (Phi) is 13.7. The Morgan fingerprint density at radius 1 is 1.24 bits per heavy atom. The Hall–Kier alpha value is -1.66. The van der Waals surface area contributed by atoms with Crippen LogP contribution >= 0.6 is 24.0 Å². The third kappa shape index (κ3) is 9.41. The molecule has 0 heterocycles. The SMILES string of the molecule is C#CCOc1cc(CN=C(NCC)NCCCOC)ccc1OC.I. The summed E-state index contributed by atoms with van der Waals surface area (Å²) in [5.41, 5.74) is 1.01. The van der Waals surface area contributed by atoms with Gasteiger partial charge in [-0.2, -0.15) is 0 Å². The molecule has 2 N–H and O–H groups in total. The first kappa shape index (κ1) is 23.3. The van der Waals surface area contributed by atoms with E-state index in [0.29, 0.717) is 18.0 Å². The van der Waals surface area contributed by atoms with Crippen molar-refractivity contribution in [1.82, 2.24) is 10.6 Å². The van der Waals surface area contributed by atoms with E-state index in [1.165, 1.54) is 0 Å². The third-order valence-corrected chi connectivity index (χ3v) is 3.12. The van der Waals surface area contributed by atoms with Crippen LogP contribution in [0.15, 0.2) is 23.2 Å². The van der Waals surface area contributed by atoms with Crippen molar-refractivity contribution in [3.05, 3.63) is 23.8 Å². The Morgan fingerprint density at radius 2 is 2.04 bits per heavy atom. The number of halogens is 1. The molecule has 1 aromatic rings. The number of benzene rings is 1. The van der Waals surface area contributed by atoms with Crippen LogP contribution in [0.3, 0.4) is 0 Å². The number of hydrogen-bond donors (Lipinski definition) is 2. The molecule has 6 nitrogen and oxygen atoms in total. The van der Waals surface area contributed by atoms with Gasteiger partial charge in [-0.3, -0.25) is 0 Å². The third-order valence-electron chi connectivity index (χ3n) is 3.12. The maximum Gasteiger partial charge on any atom is 0.191 e. The van der Waals surface area contributed by atoms with Crippen molar-refractivity contribution >= 4 is 29.9 Å². The van der Waals surface area contributed by atoms with Gasteiger partial charge in [0.05, 0.1) is 13.7 Å². The molecule has 0 radical (unpaired) electrons. The van der Waals surface area contributed by atoms with Gasteiger partial charge in [0.15, 0.2) is 17.5 Å². The van der Waals surface area contributed by atoms with E-state index in [9.17, 15) is 0 Å². The minimum Gasteiger partial charge on any atom is -0.493 e. The molecule has 0 saturated carbocycles. The summed E-state index contributed by atoms with van der Waals surface area (Å²) >= 11 is 0. The second kappa shape index (κ2) is 14.7. The first-order valence-corrected chi connectivity index (χ1v) is 7.99. The average molecular weight is 461 g/mol. The summed E-state index contributed by atoms with van der Waals surface area (Å²) in [5.74, 6) is 4.51. The van der Waals surface area contributed by atoms with E-state index in [1.54, 1.807) is 14.2 Å². The first-order chi connectivity index (χ1) is 11.7. The lowest BCUT2D eigenvalue weighted by Gasteiger charge is -2.12. The monoisotopic (exact) mass is 461 g/mol. The molecule has 1 rings (SSSR count). The van der Waals surface area contributed by atoms with Crippen molar-refractivity contribution in [1.29, 1.82) is 0 Å². The second-order valence-electron chi connectivity index (χ2n) is 4.95. The fourth-order valence-corrected chi connectivity index (χ4v) is 1.99. The quantitative estimate of drug-likeness (QED) is 0.184. The van der Waals surface area contributed by atoms with Crippen LogP contribution in [0.25, 0.3) is 0 Å². The zero-order chi connectivity index (χ0) is 17.6. The van der Waals surface area contributed by atoms with E-state index >= 15 is 0 Å². The lowest BCUT2D eigenvalue weighted by molar-refractivity contribution is 0.195. The van der Waals surface area contributed by atoms with Gasteiger partial charge in [-0.25, -0.2) is 4.99 Å².